The highest BCUT2D eigenvalue weighted by molar-refractivity contribution is 5.89. The van der Waals surface area contributed by atoms with Gasteiger partial charge in [-0.15, -0.1) is 0 Å². The van der Waals surface area contributed by atoms with Crippen LogP contribution in [-0.4, -0.2) is 55.0 Å². The van der Waals surface area contributed by atoms with E-state index in [0.717, 1.165) is 44.6 Å². The number of anilines is 1. The van der Waals surface area contributed by atoms with Gasteiger partial charge in [-0.1, -0.05) is 19.1 Å². The number of amides is 1. The third-order valence-electron chi connectivity index (χ3n) is 4.97. The summed E-state index contributed by atoms with van der Waals surface area (Å²) in [6, 6.07) is 8.25. The first kappa shape index (κ1) is 16.3. The second kappa shape index (κ2) is 7.32. The molecule has 1 N–H and O–H groups in total. The van der Waals surface area contributed by atoms with Gasteiger partial charge in [-0.2, -0.15) is 0 Å². The van der Waals surface area contributed by atoms with Gasteiger partial charge in [0.15, 0.2) is 0 Å². The number of aliphatic hydroxyl groups excluding tert-OH is 1. The molecular weight excluding hydrogens is 292 g/mol. The molecule has 0 aliphatic carbocycles. The number of carbonyl (C=O) groups is 1. The summed E-state index contributed by atoms with van der Waals surface area (Å²) in [5, 5.41) is 9.55. The molecule has 3 rings (SSSR count). The number of aliphatic hydroxyl groups is 1. The fourth-order valence-electron chi connectivity index (χ4n) is 3.30. The third-order valence-corrected chi connectivity index (χ3v) is 4.97. The minimum atomic E-state index is -0.252. The van der Waals surface area contributed by atoms with Crippen molar-refractivity contribution in [2.24, 2.45) is 0 Å². The number of hydrogen-bond acceptors (Lipinski definition) is 4. The molecule has 126 valence electrons. The summed E-state index contributed by atoms with van der Waals surface area (Å²) in [4.78, 5) is 15.7. The first-order valence-electron chi connectivity index (χ1n) is 8.58. The Kier molecular flexibility index (Phi) is 5.18. The smallest absolute Gasteiger partial charge is 0.414 e. The Bertz CT molecular complexity index is 524. The predicted molar refractivity (Wildman–Crippen MR) is 89.8 cm³/mol. The van der Waals surface area contributed by atoms with Crippen LogP contribution in [0.2, 0.25) is 0 Å². The van der Waals surface area contributed by atoms with Crippen molar-refractivity contribution in [2.45, 2.75) is 38.2 Å². The molecule has 23 heavy (non-hydrogen) atoms. The molecule has 2 fully saturated rings. The van der Waals surface area contributed by atoms with E-state index in [1.54, 1.807) is 4.90 Å². The SMILES string of the molecule is C[C@H](CCN1CCC(O)CC1)c1ccc(N2CCOC2=O)cc1. The lowest BCUT2D eigenvalue weighted by molar-refractivity contribution is 0.0814. The van der Waals surface area contributed by atoms with E-state index in [1.807, 2.05) is 12.1 Å². The van der Waals surface area contributed by atoms with Gasteiger partial charge in [0.2, 0.25) is 0 Å². The number of likely N-dealkylation sites (tertiary alicyclic amines) is 1. The highest BCUT2D eigenvalue weighted by Gasteiger charge is 2.23. The molecule has 0 unspecified atom stereocenters. The molecule has 1 aromatic rings. The number of ether oxygens (including phenoxy) is 1. The van der Waals surface area contributed by atoms with Crippen LogP contribution in [0.25, 0.3) is 0 Å². The zero-order chi connectivity index (χ0) is 16.2. The highest BCUT2D eigenvalue weighted by atomic mass is 16.6. The second-order valence-corrected chi connectivity index (χ2v) is 6.62. The monoisotopic (exact) mass is 318 g/mol. The van der Waals surface area contributed by atoms with Crippen LogP contribution >= 0.6 is 0 Å². The lowest BCUT2D eigenvalue weighted by Crippen LogP contribution is -2.36. The molecule has 0 spiro atoms. The van der Waals surface area contributed by atoms with Crippen molar-refractivity contribution in [1.29, 1.82) is 0 Å². The van der Waals surface area contributed by atoms with Gasteiger partial charge in [0, 0.05) is 18.8 Å². The fourth-order valence-corrected chi connectivity index (χ4v) is 3.30. The summed E-state index contributed by atoms with van der Waals surface area (Å²) in [5.41, 5.74) is 2.21. The van der Waals surface area contributed by atoms with E-state index in [1.165, 1.54) is 5.56 Å². The van der Waals surface area contributed by atoms with Crippen LogP contribution < -0.4 is 4.90 Å². The lowest BCUT2D eigenvalue weighted by Gasteiger charge is -2.30. The minimum Gasteiger partial charge on any atom is -0.447 e. The van der Waals surface area contributed by atoms with Crippen molar-refractivity contribution in [3.63, 3.8) is 0 Å². The lowest BCUT2D eigenvalue weighted by atomic mass is 9.96. The molecule has 1 aromatic carbocycles. The van der Waals surface area contributed by atoms with Gasteiger partial charge in [-0.3, -0.25) is 4.90 Å². The van der Waals surface area contributed by atoms with Crippen molar-refractivity contribution in [3.05, 3.63) is 29.8 Å². The molecule has 5 heteroatoms. The fraction of sp³-hybridized carbons (Fsp3) is 0.611. The van der Waals surface area contributed by atoms with E-state index in [0.29, 0.717) is 19.1 Å². The average molecular weight is 318 g/mol. The summed E-state index contributed by atoms with van der Waals surface area (Å²) in [7, 11) is 0. The Morgan fingerprint density at radius 2 is 1.91 bits per heavy atom. The number of nitrogens with zero attached hydrogens (tertiary/aromatic N) is 2. The van der Waals surface area contributed by atoms with Gasteiger partial charge in [0.25, 0.3) is 0 Å². The van der Waals surface area contributed by atoms with Gasteiger partial charge in [0.1, 0.15) is 6.61 Å². The minimum absolute atomic E-state index is 0.103. The summed E-state index contributed by atoms with van der Waals surface area (Å²) in [6.07, 6.45) is 2.55. The maximum absolute atomic E-state index is 11.6. The maximum Gasteiger partial charge on any atom is 0.414 e. The Balaban J connectivity index is 1.51. The first-order chi connectivity index (χ1) is 11.1. The van der Waals surface area contributed by atoms with Crippen LogP contribution in [-0.2, 0) is 4.74 Å². The Hall–Kier alpha value is -1.59. The number of benzene rings is 1. The summed E-state index contributed by atoms with van der Waals surface area (Å²) < 4.78 is 4.97. The first-order valence-corrected chi connectivity index (χ1v) is 8.58. The molecule has 1 amide bonds. The van der Waals surface area contributed by atoms with Crippen LogP contribution in [0.1, 0.15) is 37.7 Å². The molecule has 0 aromatic heterocycles. The molecule has 2 aliphatic heterocycles. The molecule has 2 saturated heterocycles. The van der Waals surface area contributed by atoms with Crippen molar-refractivity contribution in [1.82, 2.24) is 4.90 Å². The highest BCUT2D eigenvalue weighted by Crippen LogP contribution is 2.25. The summed E-state index contributed by atoms with van der Waals surface area (Å²) in [5.74, 6) is 0.487. The second-order valence-electron chi connectivity index (χ2n) is 6.62. The molecule has 0 radical (unpaired) electrons. The average Bonchev–Trinajstić information content (AvgIpc) is 3.00. The van der Waals surface area contributed by atoms with E-state index >= 15 is 0 Å². The van der Waals surface area contributed by atoms with Gasteiger partial charge in [-0.25, -0.2) is 4.79 Å². The van der Waals surface area contributed by atoms with E-state index in [-0.39, 0.29) is 12.2 Å². The standard InChI is InChI=1S/C18H26N2O3/c1-14(6-9-19-10-7-17(21)8-11-19)15-2-4-16(5-3-15)20-12-13-23-18(20)22/h2-5,14,17,21H,6-13H2,1H3/t14-/m1/s1. The van der Waals surface area contributed by atoms with Crippen molar-refractivity contribution in [3.8, 4) is 0 Å². The number of hydrogen-bond donors (Lipinski definition) is 1. The Morgan fingerprint density at radius 1 is 1.22 bits per heavy atom. The normalized spacial score (nSPS) is 21.5. The van der Waals surface area contributed by atoms with Gasteiger partial charge in [-0.05, 0) is 49.4 Å². The van der Waals surface area contributed by atoms with Crippen LogP contribution in [0, 0.1) is 0 Å². The zero-order valence-electron chi connectivity index (χ0n) is 13.8. The number of rotatable bonds is 5. The summed E-state index contributed by atoms with van der Waals surface area (Å²) in [6.45, 7) is 6.44. The van der Waals surface area contributed by atoms with E-state index in [2.05, 4.69) is 24.0 Å². The molecule has 0 saturated carbocycles. The van der Waals surface area contributed by atoms with E-state index in [9.17, 15) is 9.90 Å². The van der Waals surface area contributed by atoms with Crippen LogP contribution in [0.15, 0.2) is 24.3 Å². The quantitative estimate of drug-likeness (QED) is 0.907. The molecule has 5 nitrogen and oxygen atoms in total. The van der Waals surface area contributed by atoms with Crippen LogP contribution in [0.4, 0.5) is 10.5 Å². The molecular formula is C18H26N2O3. The zero-order valence-corrected chi connectivity index (χ0v) is 13.8. The molecule has 2 heterocycles. The topological polar surface area (TPSA) is 53.0 Å². The Labute approximate surface area is 137 Å². The van der Waals surface area contributed by atoms with E-state index in [4.69, 9.17) is 4.74 Å². The van der Waals surface area contributed by atoms with Gasteiger partial charge < -0.3 is 14.7 Å². The third kappa shape index (κ3) is 4.03. The number of carbonyl (C=O) groups excluding carboxylic acids is 1. The maximum atomic E-state index is 11.6. The summed E-state index contributed by atoms with van der Waals surface area (Å²) >= 11 is 0. The largest absolute Gasteiger partial charge is 0.447 e. The van der Waals surface area contributed by atoms with Crippen molar-refractivity contribution in [2.75, 3.05) is 37.7 Å². The predicted octanol–water partition coefficient (Wildman–Crippen LogP) is 2.59. The van der Waals surface area contributed by atoms with Crippen molar-refractivity contribution >= 4 is 11.8 Å². The van der Waals surface area contributed by atoms with Crippen molar-refractivity contribution < 1.29 is 14.6 Å². The van der Waals surface area contributed by atoms with Gasteiger partial charge >= 0.3 is 6.09 Å². The van der Waals surface area contributed by atoms with Crippen LogP contribution in [0.3, 0.4) is 0 Å². The molecule has 0 bridgehead atoms. The number of cyclic esters (lactones) is 1. The molecule has 1 atom stereocenters. The van der Waals surface area contributed by atoms with E-state index < -0.39 is 0 Å². The number of piperidine rings is 1. The Morgan fingerprint density at radius 3 is 2.52 bits per heavy atom. The van der Waals surface area contributed by atoms with Gasteiger partial charge in [0.05, 0.1) is 12.6 Å². The van der Waals surface area contributed by atoms with Crippen LogP contribution in [0.5, 0.6) is 0 Å². The molecule has 2 aliphatic rings.